The third kappa shape index (κ3) is 8.34. The Balaban J connectivity index is 1.50. The largest absolute Gasteiger partial charge is 0.468 e. The molecular weight excluding hydrogens is 661 g/mol. The minimum absolute atomic E-state index is 0.00490. The molecule has 5 rings (SSSR count). The minimum Gasteiger partial charge on any atom is -0.468 e. The fraction of sp³-hybridized carbons (Fsp3) is 0.486. The lowest BCUT2D eigenvalue weighted by Gasteiger charge is -2.38. The van der Waals surface area contributed by atoms with Gasteiger partial charge in [0.15, 0.2) is 0 Å². The number of rotatable bonds is 10. The molecule has 2 aromatic carbocycles. The zero-order valence-electron chi connectivity index (χ0n) is 26.8. The molecule has 1 amide bonds. The molecule has 47 heavy (non-hydrogen) atoms. The van der Waals surface area contributed by atoms with Crippen molar-refractivity contribution in [3.05, 3.63) is 75.4 Å². The first kappa shape index (κ1) is 35.3. The summed E-state index contributed by atoms with van der Waals surface area (Å²) in [5, 5.41) is 0.422. The number of amides is 1. The van der Waals surface area contributed by atoms with Gasteiger partial charge in [0.25, 0.3) is 0 Å². The highest BCUT2D eigenvalue weighted by Gasteiger charge is 2.46. The molecule has 1 unspecified atom stereocenters. The molecule has 0 radical (unpaired) electrons. The van der Waals surface area contributed by atoms with E-state index in [9.17, 15) is 18.6 Å². The van der Waals surface area contributed by atoms with Gasteiger partial charge < -0.3 is 14.4 Å². The normalized spacial score (nSPS) is 21.6. The number of methoxy groups -OCH3 is 2. The summed E-state index contributed by atoms with van der Waals surface area (Å²) < 4.78 is 24.0. The zero-order valence-corrected chi connectivity index (χ0v) is 29.1. The van der Waals surface area contributed by atoms with Crippen LogP contribution in [0.1, 0.15) is 50.0 Å². The van der Waals surface area contributed by atoms with Gasteiger partial charge in [0.1, 0.15) is 5.92 Å². The molecule has 1 saturated carbocycles. The maximum atomic E-state index is 13.9. The van der Waals surface area contributed by atoms with Gasteiger partial charge in [-0.1, -0.05) is 66.7 Å². The van der Waals surface area contributed by atoms with E-state index in [0.717, 1.165) is 19.6 Å². The molecule has 0 N–H and O–H groups in total. The number of benzene rings is 2. The molecule has 0 aromatic heterocycles. The molecule has 2 aromatic rings. The Kier molecular flexibility index (Phi) is 12.3. The van der Waals surface area contributed by atoms with Gasteiger partial charge in [-0.25, -0.2) is 4.79 Å². The summed E-state index contributed by atoms with van der Waals surface area (Å²) in [6.45, 7) is 3.75. The molecule has 3 atom stereocenters. The van der Waals surface area contributed by atoms with Gasteiger partial charge in [0, 0.05) is 59.3 Å². The Morgan fingerprint density at radius 3 is 2.17 bits per heavy atom. The highest BCUT2D eigenvalue weighted by atomic mass is 35.5. The predicted octanol–water partition coefficient (Wildman–Crippen LogP) is 5.67. The van der Waals surface area contributed by atoms with Crippen molar-refractivity contribution in [3.63, 3.8) is 0 Å². The Bertz CT molecular complexity index is 1530. The maximum Gasteiger partial charge on any atom is 0.336 e. The second-order valence-electron chi connectivity index (χ2n) is 12.2. The molecule has 3 aliphatic rings. The first-order chi connectivity index (χ1) is 22.7. The van der Waals surface area contributed by atoms with Gasteiger partial charge in [-0.2, -0.15) is 0 Å². The first-order valence-corrected chi connectivity index (χ1v) is 18.1. The second kappa shape index (κ2) is 16.4. The molecule has 2 heterocycles. The summed E-state index contributed by atoms with van der Waals surface area (Å²) in [6, 6.07) is 13.7. The van der Waals surface area contributed by atoms with Crippen LogP contribution in [0.25, 0.3) is 0 Å². The lowest BCUT2D eigenvalue weighted by molar-refractivity contribution is -0.143. The number of ether oxygens (including phenoxy) is 2. The fourth-order valence-electron chi connectivity index (χ4n) is 6.94. The van der Waals surface area contributed by atoms with Crippen molar-refractivity contribution in [1.29, 1.82) is 0 Å². The van der Waals surface area contributed by atoms with Crippen LogP contribution in [-0.2, 0) is 34.7 Å². The van der Waals surface area contributed by atoms with Crippen molar-refractivity contribution < 1.29 is 28.1 Å². The molecule has 2 aliphatic heterocycles. The van der Waals surface area contributed by atoms with E-state index in [1.807, 2.05) is 6.07 Å². The van der Waals surface area contributed by atoms with Crippen molar-refractivity contribution in [1.82, 2.24) is 9.80 Å². The lowest BCUT2D eigenvalue weighted by Crippen LogP contribution is -2.50. The third-order valence-electron chi connectivity index (χ3n) is 9.34. The molecule has 0 bridgehead atoms. The highest BCUT2D eigenvalue weighted by Crippen LogP contribution is 2.46. The first-order valence-electron chi connectivity index (χ1n) is 16.1. The molecule has 252 valence electrons. The number of aliphatic imine (C=N–C) groups is 1. The summed E-state index contributed by atoms with van der Waals surface area (Å²) >= 11 is 13.4. The standard InChI is InChI=1S/C35H41Cl2N3O6S/c1-45-34(42)31-27(20-29(41)40-18-16-39(17-19-40)21-23-10-5-3-6-11-23)38-28(22-47(44)24-12-7-4-8-13-24)32(35(43)46-2)33(31)30-25(36)14-9-15-26(30)37/h4,7-9,12-15,23,31,33H,3,5-6,10-11,16-22H2,1-2H3/t31?,33-,47-/m0/s1. The Labute approximate surface area is 288 Å². The van der Waals surface area contributed by atoms with Crippen molar-refractivity contribution in [2.45, 2.75) is 49.3 Å². The number of piperazine rings is 1. The fourth-order valence-corrected chi connectivity index (χ4v) is 8.66. The van der Waals surface area contributed by atoms with Gasteiger partial charge in [0.05, 0.1) is 48.5 Å². The van der Waals surface area contributed by atoms with Crippen LogP contribution in [0.15, 0.2) is 69.7 Å². The van der Waals surface area contributed by atoms with Crippen molar-refractivity contribution >= 4 is 57.6 Å². The molecule has 9 nitrogen and oxygen atoms in total. The number of halogens is 2. The molecule has 1 saturated heterocycles. The molecule has 0 spiro atoms. The number of carbonyl (C=O) groups excluding carboxylic acids is 3. The average molecular weight is 703 g/mol. The van der Waals surface area contributed by atoms with Gasteiger partial charge in [-0.3, -0.25) is 23.7 Å². The summed E-state index contributed by atoms with van der Waals surface area (Å²) in [5.41, 5.74) is 0.626. The smallest absolute Gasteiger partial charge is 0.336 e. The summed E-state index contributed by atoms with van der Waals surface area (Å²) in [7, 11) is 0.833. The van der Waals surface area contributed by atoms with E-state index >= 15 is 0 Å². The van der Waals surface area contributed by atoms with Gasteiger partial charge in [0.2, 0.25) is 5.91 Å². The number of esters is 2. The number of hydrogen-bond donors (Lipinski definition) is 0. The number of carbonyl (C=O) groups is 3. The minimum atomic E-state index is -1.62. The maximum absolute atomic E-state index is 13.9. The summed E-state index contributed by atoms with van der Waals surface area (Å²) in [4.78, 5) is 50.6. The van der Waals surface area contributed by atoms with Crippen molar-refractivity contribution in [2.75, 3.05) is 52.7 Å². The van der Waals surface area contributed by atoms with Crippen LogP contribution < -0.4 is 0 Å². The van der Waals surface area contributed by atoms with Crippen LogP contribution in [0.4, 0.5) is 0 Å². The molecular formula is C35H41Cl2N3O6S. The van der Waals surface area contributed by atoms with E-state index < -0.39 is 34.6 Å². The molecule has 2 fully saturated rings. The Hall–Kier alpha value is -3.05. The summed E-state index contributed by atoms with van der Waals surface area (Å²) in [5.74, 6) is -3.44. The average Bonchev–Trinajstić information content (AvgIpc) is 3.08. The SMILES string of the molecule is COC(=O)C1=C(C[S@](=O)c2ccccc2)N=C(CC(=O)N2CCN(CC3CCCCC3)CC2)C(C(=O)OC)[C@@H]1c1c(Cl)cccc1Cl. The van der Waals surface area contributed by atoms with E-state index in [1.165, 1.54) is 46.3 Å². The van der Waals surface area contributed by atoms with Crippen LogP contribution in [0.2, 0.25) is 10.0 Å². The Morgan fingerprint density at radius 1 is 0.894 bits per heavy atom. The van der Waals surface area contributed by atoms with Crippen LogP contribution in [0.5, 0.6) is 0 Å². The van der Waals surface area contributed by atoms with Crippen LogP contribution in [0.3, 0.4) is 0 Å². The van der Waals surface area contributed by atoms with E-state index in [0.29, 0.717) is 29.5 Å². The van der Waals surface area contributed by atoms with Crippen LogP contribution >= 0.6 is 23.2 Å². The lowest BCUT2D eigenvalue weighted by atomic mass is 9.74. The van der Waals surface area contributed by atoms with Crippen molar-refractivity contribution in [3.8, 4) is 0 Å². The number of nitrogens with zero attached hydrogens (tertiary/aromatic N) is 3. The van der Waals surface area contributed by atoms with Gasteiger partial charge in [-0.15, -0.1) is 0 Å². The molecule has 12 heteroatoms. The second-order valence-corrected chi connectivity index (χ2v) is 14.5. The third-order valence-corrected chi connectivity index (χ3v) is 11.3. The Morgan fingerprint density at radius 2 is 1.55 bits per heavy atom. The van der Waals surface area contributed by atoms with E-state index in [4.69, 9.17) is 37.7 Å². The zero-order chi connectivity index (χ0) is 33.5. The van der Waals surface area contributed by atoms with Crippen LogP contribution in [0, 0.1) is 11.8 Å². The van der Waals surface area contributed by atoms with E-state index in [-0.39, 0.29) is 45.1 Å². The van der Waals surface area contributed by atoms with E-state index in [1.54, 1.807) is 47.4 Å². The monoisotopic (exact) mass is 701 g/mol. The quantitative estimate of drug-likeness (QED) is 0.294. The molecule has 1 aliphatic carbocycles. The topological polar surface area (TPSA) is 106 Å². The predicted molar refractivity (Wildman–Crippen MR) is 183 cm³/mol. The number of hydrogen-bond acceptors (Lipinski definition) is 8. The summed E-state index contributed by atoms with van der Waals surface area (Å²) in [6.07, 6.45) is 6.24. The highest BCUT2D eigenvalue weighted by molar-refractivity contribution is 7.85. The van der Waals surface area contributed by atoms with Gasteiger partial charge in [-0.05, 0) is 48.6 Å². The van der Waals surface area contributed by atoms with E-state index in [2.05, 4.69) is 4.90 Å². The van der Waals surface area contributed by atoms with Crippen molar-refractivity contribution in [2.24, 2.45) is 16.8 Å². The van der Waals surface area contributed by atoms with Gasteiger partial charge >= 0.3 is 11.9 Å². The van der Waals surface area contributed by atoms with Crippen LogP contribution in [-0.4, -0.2) is 90.3 Å².